The van der Waals surface area contributed by atoms with Crippen LogP contribution in [0.2, 0.25) is 0 Å². The number of nitrogens with zero attached hydrogens (tertiary/aromatic N) is 2. The van der Waals surface area contributed by atoms with E-state index in [4.69, 9.17) is 4.74 Å². The van der Waals surface area contributed by atoms with Gasteiger partial charge in [0.1, 0.15) is 17.6 Å². The number of sulfonamides is 1. The van der Waals surface area contributed by atoms with Gasteiger partial charge in [-0.25, -0.2) is 12.8 Å². The molecule has 1 fully saturated rings. The van der Waals surface area contributed by atoms with E-state index in [1.807, 2.05) is 11.0 Å². The lowest BCUT2D eigenvalue weighted by molar-refractivity contribution is -0.123. The van der Waals surface area contributed by atoms with Crippen LogP contribution in [0, 0.1) is 23.1 Å². The first-order chi connectivity index (χ1) is 14.7. The van der Waals surface area contributed by atoms with Gasteiger partial charge in [-0.3, -0.25) is 9.52 Å². The number of benzene rings is 2. The summed E-state index contributed by atoms with van der Waals surface area (Å²) in [7, 11) is -2.41. The second-order valence-corrected chi connectivity index (χ2v) is 9.79. The average Bonchev–Trinajstić information content (AvgIpc) is 2.74. The Balaban J connectivity index is 1.62. The quantitative estimate of drug-likeness (QED) is 0.640. The number of carbonyl (C=O) groups is 1. The van der Waals surface area contributed by atoms with E-state index in [0.29, 0.717) is 47.4 Å². The highest BCUT2D eigenvalue weighted by Gasteiger charge is 2.29. The third-order valence-corrected chi connectivity index (χ3v) is 7.12. The second-order valence-electron chi connectivity index (χ2n) is 7.22. The molecule has 0 spiro atoms. The molecule has 3 rings (SSSR count). The van der Waals surface area contributed by atoms with Crippen molar-refractivity contribution >= 4 is 37.5 Å². The molecule has 164 valence electrons. The van der Waals surface area contributed by atoms with Gasteiger partial charge in [-0.1, -0.05) is 15.9 Å². The molecule has 1 saturated heterocycles. The van der Waals surface area contributed by atoms with Crippen LogP contribution >= 0.6 is 15.9 Å². The second kappa shape index (κ2) is 9.66. The van der Waals surface area contributed by atoms with Crippen LogP contribution in [-0.4, -0.2) is 34.5 Å². The third-order valence-electron chi connectivity index (χ3n) is 5.14. The molecule has 1 aliphatic rings. The highest BCUT2D eigenvalue weighted by Crippen LogP contribution is 2.28. The first kappa shape index (κ1) is 23.0. The van der Waals surface area contributed by atoms with Crippen molar-refractivity contribution in [3.8, 4) is 11.8 Å². The van der Waals surface area contributed by atoms with Crippen molar-refractivity contribution < 1.29 is 22.3 Å². The number of halogens is 2. The molecule has 2 aromatic rings. The van der Waals surface area contributed by atoms with Crippen molar-refractivity contribution in [2.45, 2.75) is 18.6 Å². The fourth-order valence-corrected chi connectivity index (χ4v) is 5.29. The Bertz CT molecular complexity index is 1130. The minimum atomic E-state index is -3.90. The number of hydrogen-bond donors (Lipinski definition) is 1. The molecule has 1 amide bonds. The molecule has 1 aliphatic heterocycles. The van der Waals surface area contributed by atoms with E-state index in [2.05, 4.69) is 20.7 Å². The van der Waals surface area contributed by atoms with E-state index >= 15 is 0 Å². The summed E-state index contributed by atoms with van der Waals surface area (Å²) in [6.45, 7) is 0.916. The molecule has 0 bridgehead atoms. The van der Waals surface area contributed by atoms with Crippen molar-refractivity contribution in [3.05, 3.63) is 57.8 Å². The van der Waals surface area contributed by atoms with Gasteiger partial charge in [-0.15, -0.1) is 0 Å². The molecule has 0 unspecified atom stereocenters. The minimum Gasteiger partial charge on any atom is -0.497 e. The van der Waals surface area contributed by atoms with E-state index in [0.717, 1.165) is 0 Å². The van der Waals surface area contributed by atoms with Gasteiger partial charge in [0.25, 0.3) is 0 Å². The predicted molar refractivity (Wildman–Crippen MR) is 118 cm³/mol. The van der Waals surface area contributed by atoms with Gasteiger partial charge in [0.05, 0.1) is 24.1 Å². The van der Waals surface area contributed by atoms with Gasteiger partial charge >= 0.3 is 0 Å². The third kappa shape index (κ3) is 5.74. The highest BCUT2D eigenvalue weighted by molar-refractivity contribution is 9.10. The number of anilines is 1. The molecule has 0 aromatic heterocycles. The molecular formula is C21H21BrFN3O4S. The van der Waals surface area contributed by atoms with Gasteiger partial charge in [-0.05, 0) is 54.8 Å². The Kier molecular flexibility index (Phi) is 7.18. The molecule has 10 heteroatoms. The van der Waals surface area contributed by atoms with Crippen LogP contribution in [0.1, 0.15) is 24.0 Å². The van der Waals surface area contributed by atoms with E-state index in [1.54, 1.807) is 24.3 Å². The average molecular weight is 510 g/mol. The standard InChI is InChI=1S/C21H21BrFN3O4S/c1-30-18-3-4-19(22)16(11-18)13-31(28,29)25-21(27)14-6-8-26(9-7-14)20-5-2-17(23)10-15(20)12-24/h2-5,10-11,14H,6-9,13H2,1H3,(H,25,27). The van der Waals surface area contributed by atoms with Crippen molar-refractivity contribution in [3.63, 3.8) is 0 Å². The van der Waals surface area contributed by atoms with Gasteiger partial charge < -0.3 is 9.64 Å². The van der Waals surface area contributed by atoms with Crippen LogP contribution in [0.3, 0.4) is 0 Å². The molecule has 0 saturated carbocycles. The molecule has 7 nitrogen and oxygen atoms in total. The molecule has 0 atom stereocenters. The molecule has 0 radical (unpaired) electrons. The Hall–Kier alpha value is -2.64. The number of rotatable bonds is 6. The van der Waals surface area contributed by atoms with Crippen LogP contribution < -0.4 is 14.4 Å². The number of nitrogens with one attached hydrogen (secondary N) is 1. The van der Waals surface area contributed by atoms with E-state index in [-0.39, 0.29) is 11.3 Å². The fourth-order valence-electron chi connectivity index (χ4n) is 3.52. The van der Waals surface area contributed by atoms with Gasteiger partial charge in [-0.2, -0.15) is 5.26 Å². The van der Waals surface area contributed by atoms with E-state index < -0.39 is 27.7 Å². The lowest BCUT2D eigenvalue weighted by atomic mass is 9.95. The maximum Gasteiger partial charge on any atom is 0.239 e. The maximum atomic E-state index is 13.4. The van der Waals surface area contributed by atoms with Crippen LogP contribution in [0.5, 0.6) is 5.75 Å². The Morgan fingerprint density at radius 1 is 1.29 bits per heavy atom. The topological polar surface area (TPSA) is 99.5 Å². The number of piperidine rings is 1. The van der Waals surface area contributed by atoms with Gasteiger partial charge in [0, 0.05) is 23.5 Å². The van der Waals surface area contributed by atoms with Crippen LogP contribution in [-0.2, 0) is 20.6 Å². The lowest BCUT2D eigenvalue weighted by Gasteiger charge is -2.33. The van der Waals surface area contributed by atoms with Crippen LogP contribution in [0.15, 0.2) is 40.9 Å². The number of hydrogen-bond acceptors (Lipinski definition) is 6. The fraction of sp³-hybridized carbons (Fsp3) is 0.333. The number of carbonyl (C=O) groups excluding carboxylic acids is 1. The number of amides is 1. The molecule has 2 aromatic carbocycles. The smallest absolute Gasteiger partial charge is 0.239 e. The van der Waals surface area contributed by atoms with Crippen molar-refractivity contribution in [2.75, 3.05) is 25.1 Å². The van der Waals surface area contributed by atoms with Gasteiger partial charge in [0.2, 0.25) is 15.9 Å². The summed E-state index contributed by atoms with van der Waals surface area (Å²) >= 11 is 3.32. The minimum absolute atomic E-state index is 0.231. The molecule has 0 aliphatic carbocycles. The van der Waals surface area contributed by atoms with Crippen LogP contribution in [0.25, 0.3) is 0 Å². The highest BCUT2D eigenvalue weighted by atomic mass is 79.9. The zero-order chi connectivity index (χ0) is 22.6. The molecule has 1 heterocycles. The zero-order valence-corrected chi connectivity index (χ0v) is 19.2. The number of methoxy groups -OCH3 is 1. The summed E-state index contributed by atoms with van der Waals surface area (Å²) in [6, 6.07) is 11.0. The lowest BCUT2D eigenvalue weighted by Crippen LogP contribution is -2.42. The first-order valence-electron chi connectivity index (χ1n) is 9.54. The maximum absolute atomic E-state index is 13.4. The van der Waals surface area contributed by atoms with Crippen LogP contribution in [0.4, 0.5) is 10.1 Å². The summed E-state index contributed by atoms with van der Waals surface area (Å²) in [5, 5.41) is 9.23. The molecule has 1 N–H and O–H groups in total. The summed E-state index contributed by atoms with van der Waals surface area (Å²) in [6.07, 6.45) is 0.846. The van der Waals surface area contributed by atoms with E-state index in [9.17, 15) is 22.9 Å². The normalized spacial score (nSPS) is 14.7. The SMILES string of the molecule is COc1ccc(Br)c(CS(=O)(=O)NC(=O)C2CCN(c3ccc(F)cc3C#N)CC2)c1. The monoisotopic (exact) mass is 509 g/mol. The van der Waals surface area contributed by atoms with Gasteiger partial charge in [0.15, 0.2) is 0 Å². The van der Waals surface area contributed by atoms with Crippen molar-refractivity contribution in [1.82, 2.24) is 4.72 Å². The Labute approximate surface area is 189 Å². The Morgan fingerprint density at radius 3 is 2.65 bits per heavy atom. The summed E-state index contributed by atoms with van der Waals surface area (Å²) < 4.78 is 46.3. The summed E-state index contributed by atoms with van der Waals surface area (Å²) in [4.78, 5) is 14.5. The van der Waals surface area contributed by atoms with Crippen molar-refractivity contribution in [1.29, 1.82) is 5.26 Å². The summed E-state index contributed by atoms with van der Waals surface area (Å²) in [5.74, 6) is -1.34. The molecular weight excluding hydrogens is 489 g/mol. The first-order valence-corrected chi connectivity index (χ1v) is 12.0. The van der Waals surface area contributed by atoms with Crippen molar-refractivity contribution in [2.24, 2.45) is 5.92 Å². The number of ether oxygens (including phenoxy) is 1. The predicted octanol–water partition coefficient (Wildman–Crippen LogP) is 3.33. The number of nitriles is 1. The molecule has 31 heavy (non-hydrogen) atoms. The summed E-state index contributed by atoms with van der Waals surface area (Å²) in [5.41, 5.74) is 1.32. The largest absolute Gasteiger partial charge is 0.497 e. The zero-order valence-electron chi connectivity index (χ0n) is 16.8. The van der Waals surface area contributed by atoms with E-state index in [1.165, 1.54) is 19.2 Å². The Morgan fingerprint density at radius 2 is 2.00 bits per heavy atom.